The van der Waals surface area contributed by atoms with Gasteiger partial charge in [-0.1, -0.05) is 92.8 Å². The van der Waals surface area contributed by atoms with Crippen molar-refractivity contribution >= 4 is 17.9 Å². The lowest BCUT2D eigenvalue weighted by Crippen LogP contribution is -2.54. The maximum Gasteiger partial charge on any atom is 0.408 e. The van der Waals surface area contributed by atoms with Crippen molar-refractivity contribution in [3.63, 3.8) is 0 Å². The summed E-state index contributed by atoms with van der Waals surface area (Å²) in [4.78, 5) is 43.3. The lowest BCUT2D eigenvalue weighted by atomic mass is 9.96. The second-order valence-electron chi connectivity index (χ2n) is 12.0. The van der Waals surface area contributed by atoms with Crippen LogP contribution < -0.4 is 10.6 Å². The monoisotopic (exact) mass is 611 g/mol. The van der Waals surface area contributed by atoms with E-state index in [1.54, 1.807) is 57.2 Å². The second kappa shape index (κ2) is 16.9. The summed E-state index contributed by atoms with van der Waals surface area (Å²) in [6.45, 7) is 7.86. The van der Waals surface area contributed by atoms with Crippen LogP contribution in [0.15, 0.2) is 78.9 Å². The van der Waals surface area contributed by atoms with Gasteiger partial charge >= 0.3 is 6.09 Å². The quantitative estimate of drug-likeness (QED) is 0.147. The molecule has 0 spiro atoms. The van der Waals surface area contributed by atoms with Crippen molar-refractivity contribution < 1.29 is 24.2 Å². The average molecular weight is 612 g/mol. The fraction of sp³-hybridized carbons (Fsp3) is 0.378. The van der Waals surface area contributed by atoms with Crippen LogP contribution in [-0.2, 0) is 27.3 Å². The highest BCUT2D eigenvalue weighted by molar-refractivity contribution is 5.92. The number of phenolic OH excluding ortho intramolecular Hbond substituents is 1. The minimum absolute atomic E-state index is 0.0836. The number of hydrogen-bond acceptors (Lipinski definition) is 5. The van der Waals surface area contributed by atoms with Gasteiger partial charge in [-0.15, -0.1) is 6.42 Å². The number of nitrogens with zero attached hydrogens (tertiary/aromatic N) is 1. The summed E-state index contributed by atoms with van der Waals surface area (Å²) in [6.07, 6.45) is 8.73. The minimum Gasteiger partial charge on any atom is -0.508 e. The number of phenols is 1. The van der Waals surface area contributed by atoms with Crippen molar-refractivity contribution in [1.29, 1.82) is 0 Å². The summed E-state index contributed by atoms with van der Waals surface area (Å²) in [7, 11) is 0. The fourth-order valence-electron chi connectivity index (χ4n) is 4.99. The van der Waals surface area contributed by atoms with Crippen molar-refractivity contribution in [3.8, 4) is 18.1 Å². The molecule has 3 aromatic carbocycles. The van der Waals surface area contributed by atoms with Crippen LogP contribution in [0.3, 0.4) is 0 Å². The molecule has 3 N–H and O–H groups in total. The number of carbonyl (C=O) groups is 3. The molecule has 0 bridgehead atoms. The Balaban J connectivity index is 2.07. The van der Waals surface area contributed by atoms with Gasteiger partial charge in [0.2, 0.25) is 11.8 Å². The van der Waals surface area contributed by atoms with Crippen molar-refractivity contribution in [3.05, 3.63) is 101 Å². The average Bonchev–Trinajstić information content (AvgIpc) is 3.01. The number of terminal acetylenes is 1. The number of hydrogen-bond donors (Lipinski definition) is 3. The Hall–Kier alpha value is -4.77. The number of unbranched alkanes of at least 4 members (excludes halogenated alkanes) is 3. The molecule has 238 valence electrons. The van der Waals surface area contributed by atoms with Crippen molar-refractivity contribution in [2.45, 2.75) is 84.0 Å². The van der Waals surface area contributed by atoms with E-state index < -0.39 is 29.7 Å². The summed E-state index contributed by atoms with van der Waals surface area (Å²) in [5.74, 6) is 1.93. The second-order valence-corrected chi connectivity index (χ2v) is 12.0. The van der Waals surface area contributed by atoms with Crippen LogP contribution in [0.5, 0.6) is 5.75 Å². The van der Waals surface area contributed by atoms with Gasteiger partial charge in [-0.3, -0.25) is 9.59 Å². The van der Waals surface area contributed by atoms with Crippen LogP contribution in [0.1, 0.15) is 81.7 Å². The molecule has 8 heteroatoms. The molecule has 0 fully saturated rings. The van der Waals surface area contributed by atoms with E-state index in [4.69, 9.17) is 11.2 Å². The van der Waals surface area contributed by atoms with Gasteiger partial charge in [-0.05, 0) is 62.1 Å². The SMILES string of the molecule is C#Cc1ccccc1C(C(=O)NCc1ccccc1)N(CCCCCC)C(=O)C(Cc1ccc(O)cc1)NC(=O)OC(C)(C)C. The maximum absolute atomic E-state index is 14.6. The van der Waals surface area contributed by atoms with Crippen LogP contribution in [0.4, 0.5) is 4.79 Å². The largest absolute Gasteiger partial charge is 0.508 e. The molecule has 0 saturated heterocycles. The van der Waals surface area contributed by atoms with Crippen molar-refractivity contribution in [1.82, 2.24) is 15.5 Å². The Kier molecular flexibility index (Phi) is 13.0. The van der Waals surface area contributed by atoms with Crippen LogP contribution in [-0.4, -0.2) is 46.1 Å². The molecule has 0 aliphatic heterocycles. The molecule has 2 atom stereocenters. The molecule has 3 aromatic rings. The highest BCUT2D eigenvalue weighted by atomic mass is 16.6. The fourth-order valence-corrected chi connectivity index (χ4v) is 4.99. The predicted octanol–water partition coefficient (Wildman–Crippen LogP) is 6.28. The third-order valence-electron chi connectivity index (χ3n) is 7.18. The van der Waals surface area contributed by atoms with Gasteiger partial charge in [0.15, 0.2) is 0 Å². The van der Waals surface area contributed by atoms with E-state index in [0.717, 1.165) is 24.8 Å². The van der Waals surface area contributed by atoms with E-state index in [2.05, 4.69) is 23.5 Å². The smallest absolute Gasteiger partial charge is 0.408 e. The number of benzene rings is 3. The molecule has 0 aromatic heterocycles. The predicted molar refractivity (Wildman–Crippen MR) is 176 cm³/mol. The first-order valence-corrected chi connectivity index (χ1v) is 15.5. The molecular weight excluding hydrogens is 566 g/mol. The molecule has 8 nitrogen and oxygen atoms in total. The molecule has 2 unspecified atom stereocenters. The Morgan fingerprint density at radius 1 is 0.911 bits per heavy atom. The summed E-state index contributed by atoms with van der Waals surface area (Å²) < 4.78 is 5.52. The summed E-state index contributed by atoms with van der Waals surface area (Å²) >= 11 is 0. The number of nitrogens with one attached hydrogen (secondary N) is 2. The van der Waals surface area contributed by atoms with Gasteiger partial charge in [0.05, 0.1) is 0 Å². The molecular formula is C37H45N3O5. The van der Waals surface area contributed by atoms with E-state index in [9.17, 15) is 19.5 Å². The van der Waals surface area contributed by atoms with Crippen molar-refractivity contribution in [2.24, 2.45) is 0 Å². The first-order valence-electron chi connectivity index (χ1n) is 15.5. The van der Waals surface area contributed by atoms with Crippen LogP contribution >= 0.6 is 0 Å². The van der Waals surface area contributed by atoms with Crippen LogP contribution in [0.2, 0.25) is 0 Å². The van der Waals surface area contributed by atoms with Gasteiger partial charge in [0.1, 0.15) is 23.4 Å². The Labute approximate surface area is 267 Å². The standard InChI is InChI=1S/C37H45N3O5/c1-6-8-9-15-24-40(35(43)32(39-36(44)45-37(3,4)5)25-27-20-22-30(41)23-21-27)33(31-19-14-13-18-29(31)7-2)34(42)38-26-28-16-11-10-12-17-28/h2,10-14,16-23,32-33,41H,6,8-9,15,24-26H2,1,3-5H3,(H,38,42)(H,39,44). The first kappa shape index (κ1) is 34.7. The normalized spacial score (nSPS) is 12.3. The maximum atomic E-state index is 14.6. The van der Waals surface area contributed by atoms with Crippen LogP contribution in [0, 0.1) is 12.3 Å². The molecule has 0 radical (unpaired) electrons. The van der Waals surface area contributed by atoms with Gasteiger partial charge in [0.25, 0.3) is 0 Å². The number of amides is 3. The zero-order valence-corrected chi connectivity index (χ0v) is 26.7. The van der Waals surface area contributed by atoms with E-state index in [1.165, 1.54) is 17.0 Å². The number of aromatic hydroxyl groups is 1. The van der Waals surface area contributed by atoms with E-state index in [-0.39, 0.29) is 31.2 Å². The molecule has 0 heterocycles. The van der Waals surface area contributed by atoms with E-state index >= 15 is 0 Å². The Morgan fingerprint density at radius 2 is 1.58 bits per heavy atom. The number of carbonyl (C=O) groups excluding carboxylic acids is 3. The molecule has 3 rings (SSSR count). The highest BCUT2D eigenvalue weighted by Crippen LogP contribution is 2.27. The lowest BCUT2D eigenvalue weighted by Gasteiger charge is -2.35. The topological polar surface area (TPSA) is 108 Å². The van der Waals surface area contributed by atoms with Gasteiger partial charge in [-0.25, -0.2) is 4.79 Å². The number of rotatable bonds is 14. The first-order chi connectivity index (χ1) is 21.5. The Morgan fingerprint density at radius 3 is 2.22 bits per heavy atom. The Bertz CT molecular complexity index is 1440. The number of ether oxygens (including phenoxy) is 1. The highest BCUT2D eigenvalue weighted by Gasteiger charge is 2.37. The lowest BCUT2D eigenvalue weighted by molar-refractivity contribution is -0.142. The summed E-state index contributed by atoms with van der Waals surface area (Å²) in [5.41, 5.74) is 1.85. The van der Waals surface area contributed by atoms with Gasteiger partial charge < -0.3 is 25.4 Å². The van der Waals surface area contributed by atoms with Crippen LogP contribution in [0.25, 0.3) is 0 Å². The third-order valence-corrected chi connectivity index (χ3v) is 7.18. The minimum atomic E-state index is -1.07. The zero-order valence-electron chi connectivity index (χ0n) is 26.7. The number of alkyl carbamates (subject to hydrolysis) is 1. The molecule has 3 amide bonds. The zero-order chi connectivity index (χ0) is 32.8. The molecule has 0 aliphatic carbocycles. The van der Waals surface area contributed by atoms with E-state index in [1.807, 2.05) is 30.3 Å². The van der Waals surface area contributed by atoms with E-state index in [0.29, 0.717) is 23.1 Å². The summed E-state index contributed by atoms with van der Waals surface area (Å²) in [5, 5.41) is 15.6. The van der Waals surface area contributed by atoms with Gasteiger partial charge in [-0.2, -0.15) is 0 Å². The van der Waals surface area contributed by atoms with Gasteiger partial charge in [0, 0.05) is 25.1 Å². The summed E-state index contributed by atoms with van der Waals surface area (Å²) in [6, 6.07) is 20.9. The molecule has 0 aliphatic rings. The molecule has 0 saturated carbocycles. The molecule has 45 heavy (non-hydrogen) atoms. The third kappa shape index (κ3) is 11.0. The van der Waals surface area contributed by atoms with Crippen molar-refractivity contribution in [2.75, 3.05) is 6.54 Å².